The van der Waals surface area contributed by atoms with Crippen molar-refractivity contribution in [3.8, 4) is 0 Å². The summed E-state index contributed by atoms with van der Waals surface area (Å²) in [4.78, 5) is 0. The van der Waals surface area contributed by atoms with Crippen molar-refractivity contribution in [3.05, 3.63) is 69.2 Å². The van der Waals surface area contributed by atoms with E-state index in [1.165, 1.54) is 12.1 Å². The van der Waals surface area contributed by atoms with Crippen LogP contribution in [-0.2, 0) is 6.18 Å². The van der Waals surface area contributed by atoms with E-state index < -0.39 is 17.8 Å². The summed E-state index contributed by atoms with van der Waals surface area (Å²) in [5.41, 5.74) is -0.0829. The van der Waals surface area contributed by atoms with Crippen molar-refractivity contribution in [1.29, 1.82) is 0 Å². The SMILES string of the molecule is CNC(c1ccccc1C(F)(F)F)c1cccc(Cl)c1Cl. The Balaban J connectivity index is 2.60. The summed E-state index contributed by atoms with van der Waals surface area (Å²) in [6.45, 7) is 0. The first-order chi connectivity index (χ1) is 9.86. The zero-order valence-corrected chi connectivity index (χ0v) is 12.5. The number of alkyl halides is 3. The minimum absolute atomic E-state index is 0.108. The molecule has 0 spiro atoms. The van der Waals surface area contributed by atoms with Crippen LogP contribution in [0.2, 0.25) is 10.0 Å². The summed E-state index contributed by atoms with van der Waals surface area (Å²) >= 11 is 12.1. The Kier molecular flexibility index (Phi) is 4.81. The molecule has 6 heteroatoms. The third-order valence-corrected chi connectivity index (χ3v) is 3.99. The molecule has 0 amide bonds. The van der Waals surface area contributed by atoms with Gasteiger partial charge < -0.3 is 5.32 Å². The average Bonchev–Trinajstić information content (AvgIpc) is 2.44. The molecule has 0 aliphatic rings. The van der Waals surface area contributed by atoms with Gasteiger partial charge in [0.2, 0.25) is 0 Å². The molecule has 1 nitrogen and oxygen atoms in total. The van der Waals surface area contributed by atoms with Crippen LogP contribution in [-0.4, -0.2) is 7.05 Å². The van der Waals surface area contributed by atoms with Gasteiger partial charge in [0.25, 0.3) is 0 Å². The van der Waals surface area contributed by atoms with Crippen molar-refractivity contribution in [2.75, 3.05) is 7.05 Å². The van der Waals surface area contributed by atoms with Gasteiger partial charge in [0.05, 0.1) is 21.7 Å². The first kappa shape index (κ1) is 16.1. The molecule has 0 saturated heterocycles. The van der Waals surface area contributed by atoms with E-state index in [0.717, 1.165) is 6.07 Å². The third-order valence-electron chi connectivity index (χ3n) is 3.16. The highest BCUT2D eigenvalue weighted by molar-refractivity contribution is 6.42. The van der Waals surface area contributed by atoms with Crippen LogP contribution in [0.5, 0.6) is 0 Å². The van der Waals surface area contributed by atoms with Crippen LogP contribution in [0.15, 0.2) is 42.5 Å². The number of nitrogens with one attached hydrogen (secondary N) is 1. The van der Waals surface area contributed by atoms with Gasteiger partial charge in [-0.3, -0.25) is 0 Å². The first-order valence-electron chi connectivity index (χ1n) is 6.13. The fourth-order valence-corrected chi connectivity index (χ4v) is 2.65. The van der Waals surface area contributed by atoms with E-state index in [1.54, 1.807) is 31.3 Å². The molecule has 1 N–H and O–H groups in total. The number of rotatable bonds is 3. The number of halogens is 5. The minimum atomic E-state index is -4.43. The van der Waals surface area contributed by atoms with Gasteiger partial charge in [0, 0.05) is 0 Å². The number of benzene rings is 2. The molecule has 0 bridgehead atoms. The second-order valence-electron chi connectivity index (χ2n) is 4.45. The van der Waals surface area contributed by atoms with Crippen molar-refractivity contribution in [2.24, 2.45) is 0 Å². The van der Waals surface area contributed by atoms with Crippen molar-refractivity contribution in [2.45, 2.75) is 12.2 Å². The van der Waals surface area contributed by atoms with Gasteiger partial charge in [-0.25, -0.2) is 0 Å². The van der Waals surface area contributed by atoms with Crippen LogP contribution < -0.4 is 5.32 Å². The van der Waals surface area contributed by atoms with Gasteiger partial charge in [0.1, 0.15) is 0 Å². The van der Waals surface area contributed by atoms with E-state index in [1.807, 2.05) is 0 Å². The van der Waals surface area contributed by atoms with Gasteiger partial charge >= 0.3 is 6.18 Å². The van der Waals surface area contributed by atoms with E-state index in [9.17, 15) is 13.2 Å². The van der Waals surface area contributed by atoms with Gasteiger partial charge in [-0.15, -0.1) is 0 Å². The molecule has 0 fully saturated rings. The van der Waals surface area contributed by atoms with Crippen molar-refractivity contribution in [3.63, 3.8) is 0 Å². The fourth-order valence-electron chi connectivity index (χ4n) is 2.23. The molecule has 0 radical (unpaired) electrons. The minimum Gasteiger partial charge on any atom is -0.309 e. The molecule has 2 aromatic carbocycles. The molecule has 0 aliphatic heterocycles. The summed E-state index contributed by atoms with van der Waals surface area (Å²) in [6, 6.07) is 9.61. The Bertz CT molecular complexity index is 641. The maximum Gasteiger partial charge on any atom is 0.416 e. The van der Waals surface area contributed by atoms with Gasteiger partial charge in [-0.1, -0.05) is 53.5 Å². The van der Waals surface area contributed by atoms with E-state index in [4.69, 9.17) is 23.2 Å². The molecule has 2 aromatic rings. The van der Waals surface area contributed by atoms with Crippen LogP contribution in [0.3, 0.4) is 0 Å². The van der Waals surface area contributed by atoms with Crippen LogP contribution in [0.25, 0.3) is 0 Å². The summed E-state index contributed by atoms with van der Waals surface area (Å²) in [6.07, 6.45) is -4.43. The lowest BCUT2D eigenvalue weighted by atomic mass is 9.94. The van der Waals surface area contributed by atoms with E-state index in [2.05, 4.69) is 5.32 Å². The van der Waals surface area contributed by atoms with Crippen molar-refractivity contribution in [1.82, 2.24) is 5.32 Å². The third kappa shape index (κ3) is 3.34. The van der Waals surface area contributed by atoms with Gasteiger partial charge in [0.15, 0.2) is 0 Å². The van der Waals surface area contributed by atoms with Gasteiger partial charge in [-0.2, -0.15) is 13.2 Å². The molecule has 0 heterocycles. The number of hydrogen-bond donors (Lipinski definition) is 1. The molecular formula is C15H12Cl2F3N. The summed E-state index contributed by atoms with van der Waals surface area (Å²) in [7, 11) is 1.58. The first-order valence-corrected chi connectivity index (χ1v) is 6.89. The maximum atomic E-state index is 13.2. The second kappa shape index (κ2) is 6.26. The Morgan fingerprint density at radius 1 is 0.952 bits per heavy atom. The molecule has 0 saturated carbocycles. The maximum absolute atomic E-state index is 13.2. The Labute approximate surface area is 130 Å². The predicted molar refractivity (Wildman–Crippen MR) is 78.8 cm³/mol. The Morgan fingerprint density at radius 3 is 2.19 bits per heavy atom. The highest BCUT2D eigenvalue weighted by Gasteiger charge is 2.35. The highest BCUT2D eigenvalue weighted by atomic mass is 35.5. The molecule has 2 rings (SSSR count). The molecule has 112 valence electrons. The zero-order valence-electron chi connectivity index (χ0n) is 11.0. The normalized spacial score (nSPS) is 13.2. The Morgan fingerprint density at radius 2 is 1.57 bits per heavy atom. The monoisotopic (exact) mass is 333 g/mol. The summed E-state index contributed by atoms with van der Waals surface area (Å²) < 4.78 is 39.5. The van der Waals surface area contributed by atoms with Gasteiger partial charge in [-0.05, 0) is 30.3 Å². The van der Waals surface area contributed by atoms with Crippen molar-refractivity contribution >= 4 is 23.2 Å². The standard InChI is InChI=1S/C15H12Cl2F3N/c1-21-14(10-6-4-8-12(16)13(10)17)9-5-2-3-7-11(9)15(18,19)20/h2-8,14,21H,1H3. The lowest BCUT2D eigenvalue weighted by molar-refractivity contribution is -0.138. The smallest absolute Gasteiger partial charge is 0.309 e. The Hall–Kier alpha value is -1.23. The quantitative estimate of drug-likeness (QED) is 0.801. The molecule has 1 unspecified atom stereocenters. The van der Waals surface area contributed by atoms with Crippen LogP contribution in [0.1, 0.15) is 22.7 Å². The lowest BCUT2D eigenvalue weighted by Crippen LogP contribution is -2.22. The highest BCUT2D eigenvalue weighted by Crippen LogP contribution is 2.39. The van der Waals surface area contributed by atoms with E-state index in [-0.39, 0.29) is 10.6 Å². The van der Waals surface area contributed by atoms with E-state index in [0.29, 0.717) is 10.6 Å². The largest absolute Gasteiger partial charge is 0.416 e. The van der Waals surface area contributed by atoms with E-state index >= 15 is 0 Å². The molecular weight excluding hydrogens is 322 g/mol. The molecule has 1 atom stereocenters. The topological polar surface area (TPSA) is 12.0 Å². The predicted octanol–water partition coefficient (Wildman–Crippen LogP) is 5.32. The molecule has 0 aliphatic carbocycles. The molecule has 21 heavy (non-hydrogen) atoms. The zero-order chi connectivity index (χ0) is 15.6. The van der Waals surface area contributed by atoms with Crippen LogP contribution >= 0.6 is 23.2 Å². The van der Waals surface area contributed by atoms with Crippen LogP contribution in [0.4, 0.5) is 13.2 Å². The number of hydrogen-bond acceptors (Lipinski definition) is 1. The second-order valence-corrected chi connectivity index (χ2v) is 5.23. The lowest BCUT2D eigenvalue weighted by Gasteiger charge is -2.23. The fraction of sp³-hybridized carbons (Fsp3) is 0.200. The summed E-state index contributed by atoms with van der Waals surface area (Å²) in [5.74, 6) is 0. The summed E-state index contributed by atoms with van der Waals surface area (Å²) in [5, 5.41) is 3.42. The van der Waals surface area contributed by atoms with Crippen LogP contribution in [0, 0.1) is 0 Å². The molecule has 0 aromatic heterocycles. The average molecular weight is 334 g/mol. The van der Waals surface area contributed by atoms with Crippen molar-refractivity contribution < 1.29 is 13.2 Å².